The molecule has 1 fully saturated rings. The summed E-state index contributed by atoms with van der Waals surface area (Å²) in [7, 11) is 1.67. The molecule has 0 bridgehead atoms. The summed E-state index contributed by atoms with van der Waals surface area (Å²) in [6.07, 6.45) is 4.07. The number of aliphatic hydroxyl groups is 1. The van der Waals surface area contributed by atoms with Crippen molar-refractivity contribution in [1.29, 1.82) is 0 Å². The number of ether oxygens (including phenoxy) is 1. The van der Waals surface area contributed by atoms with E-state index in [0.29, 0.717) is 0 Å². The van der Waals surface area contributed by atoms with Gasteiger partial charge in [-0.1, -0.05) is 18.2 Å². The Balaban J connectivity index is 1.84. The van der Waals surface area contributed by atoms with Crippen molar-refractivity contribution >= 4 is 5.65 Å². The Hall–Kier alpha value is -2.40. The molecule has 2 aromatic heterocycles. The van der Waals surface area contributed by atoms with E-state index < -0.39 is 5.60 Å². The molecular formula is C19H21N3O2. The fourth-order valence-electron chi connectivity index (χ4n) is 3.40. The van der Waals surface area contributed by atoms with Gasteiger partial charge in [-0.2, -0.15) is 0 Å². The largest absolute Gasteiger partial charge is 0.497 e. The van der Waals surface area contributed by atoms with Gasteiger partial charge in [0.05, 0.1) is 18.1 Å². The lowest BCUT2D eigenvalue weighted by Gasteiger charge is -2.19. The molecule has 2 heterocycles. The Morgan fingerprint density at radius 2 is 1.83 bits per heavy atom. The minimum absolute atomic E-state index is 0.0933. The lowest BCUT2D eigenvalue weighted by Crippen LogP contribution is -2.18. The summed E-state index contributed by atoms with van der Waals surface area (Å²) in [5.41, 5.74) is 1.69. The number of methoxy groups -OCH3 is 1. The predicted molar refractivity (Wildman–Crippen MR) is 91.2 cm³/mol. The van der Waals surface area contributed by atoms with Gasteiger partial charge in [-0.3, -0.25) is 4.40 Å². The molecule has 0 aliphatic heterocycles. The third kappa shape index (κ3) is 2.19. The number of hydrogen-bond acceptors (Lipinski definition) is 4. The van der Waals surface area contributed by atoms with E-state index in [4.69, 9.17) is 4.74 Å². The molecule has 0 radical (unpaired) electrons. The van der Waals surface area contributed by atoms with Gasteiger partial charge >= 0.3 is 0 Å². The first-order valence-corrected chi connectivity index (χ1v) is 8.17. The molecule has 0 saturated heterocycles. The zero-order valence-electron chi connectivity index (χ0n) is 14.2. The first kappa shape index (κ1) is 15.1. The maximum absolute atomic E-state index is 10.4. The van der Waals surface area contributed by atoms with Crippen molar-refractivity contribution in [2.24, 2.45) is 0 Å². The molecule has 1 aliphatic carbocycles. The van der Waals surface area contributed by atoms with E-state index in [1.54, 1.807) is 21.0 Å². The molecule has 0 spiro atoms. The zero-order valence-corrected chi connectivity index (χ0v) is 14.2. The summed E-state index contributed by atoms with van der Waals surface area (Å²) in [6, 6.07) is 12.0. The fourth-order valence-corrected chi connectivity index (χ4v) is 3.40. The highest BCUT2D eigenvalue weighted by molar-refractivity contribution is 5.53. The van der Waals surface area contributed by atoms with Crippen molar-refractivity contribution in [3.05, 3.63) is 59.5 Å². The molecule has 4 rings (SSSR count). The standard InChI is InChI=1S/C19H21N3O2/c1-18(2,23)15-5-4-12-22-16(15)20-21-17(22)19(10-11-19)13-6-8-14(24-3)9-7-13/h4-9,12,23H,10-11H2,1-3H3. The second kappa shape index (κ2) is 5.05. The van der Waals surface area contributed by atoms with Crippen molar-refractivity contribution in [3.8, 4) is 5.75 Å². The first-order valence-electron chi connectivity index (χ1n) is 8.17. The quantitative estimate of drug-likeness (QED) is 0.802. The highest BCUT2D eigenvalue weighted by atomic mass is 16.5. The van der Waals surface area contributed by atoms with Gasteiger partial charge in [-0.05, 0) is 50.5 Å². The number of nitrogens with zero attached hydrogens (tertiary/aromatic N) is 3. The lowest BCUT2D eigenvalue weighted by atomic mass is 9.94. The highest BCUT2D eigenvalue weighted by Crippen LogP contribution is 2.53. The highest BCUT2D eigenvalue weighted by Gasteiger charge is 2.49. The van der Waals surface area contributed by atoms with Crippen LogP contribution in [0.2, 0.25) is 0 Å². The van der Waals surface area contributed by atoms with Crippen LogP contribution in [0.25, 0.3) is 5.65 Å². The third-order valence-corrected chi connectivity index (χ3v) is 4.91. The smallest absolute Gasteiger partial charge is 0.166 e. The van der Waals surface area contributed by atoms with Crippen LogP contribution >= 0.6 is 0 Å². The molecule has 24 heavy (non-hydrogen) atoms. The van der Waals surface area contributed by atoms with Crippen molar-refractivity contribution in [3.63, 3.8) is 0 Å². The van der Waals surface area contributed by atoms with Gasteiger partial charge in [0.25, 0.3) is 0 Å². The van der Waals surface area contributed by atoms with Crippen LogP contribution < -0.4 is 4.74 Å². The average molecular weight is 323 g/mol. The number of pyridine rings is 1. The van der Waals surface area contributed by atoms with Crippen molar-refractivity contribution < 1.29 is 9.84 Å². The number of rotatable bonds is 4. The van der Waals surface area contributed by atoms with E-state index in [1.165, 1.54) is 5.56 Å². The van der Waals surface area contributed by atoms with Crippen LogP contribution in [0.5, 0.6) is 5.75 Å². The first-order chi connectivity index (χ1) is 11.5. The maximum Gasteiger partial charge on any atom is 0.166 e. The van der Waals surface area contributed by atoms with Crippen molar-refractivity contribution in [2.45, 2.75) is 37.7 Å². The molecule has 5 heteroatoms. The number of aromatic nitrogens is 3. The molecule has 5 nitrogen and oxygen atoms in total. The van der Waals surface area contributed by atoms with Gasteiger partial charge in [-0.25, -0.2) is 0 Å². The minimum Gasteiger partial charge on any atom is -0.497 e. The maximum atomic E-state index is 10.4. The fraction of sp³-hybridized carbons (Fsp3) is 0.368. The summed E-state index contributed by atoms with van der Waals surface area (Å²) < 4.78 is 7.27. The monoisotopic (exact) mass is 323 g/mol. The van der Waals surface area contributed by atoms with Gasteiger partial charge in [0, 0.05) is 11.8 Å². The minimum atomic E-state index is -0.955. The topological polar surface area (TPSA) is 59.7 Å². The molecular weight excluding hydrogens is 302 g/mol. The van der Waals surface area contributed by atoms with Crippen molar-refractivity contribution in [2.75, 3.05) is 7.11 Å². The van der Waals surface area contributed by atoms with Crippen LogP contribution in [0.3, 0.4) is 0 Å². The van der Waals surface area contributed by atoms with Gasteiger partial charge < -0.3 is 9.84 Å². The molecule has 1 N–H and O–H groups in total. The number of hydrogen-bond donors (Lipinski definition) is 1. The van der Waals surface area contributed by atoms with Crippen LogP contribution in [0.4, 0.5) is 0 Å². The molecule has 1 saturated carbocycles. The summed E-state index contributed by atoms with van der Waals surface area (Å²) >= 11 is 0. The Kier molecular flexibility index (Phi) is 3.18. The average Bonchev–Trinajstić information content (AvgIpc) is 3.26. The van der Waals surface area contributed by atoms with Gasteiger partial charge in [0.15, 0.2) is 5.65 Å². The van der Waals surface area contributed by atoms with E-state index in [9.17, 15) is 5.11 Å². The Labute approximate surface area is 140 Å². The lowest BCUT2D eigenvalue weighted by molar-refractivity contribution is 0.0796. The normalized spacial score (nSPS) is 16.3. The molecule has 1 aliphatic rings. The van der Waals surface area contributed by atoms with Crippen LogP contribution in [0.15, 0.2) is 42.6 Å². The Morgan fingerprint density at radius 3 is 2.42 bits per heavy atom. The SMILES string of the molecule is COc1ccc(C2(c3nnc4c(C(C)(C)O)cccn34)CC2)cc1. The number of benzene rings is 1. The Bertz CT molecular complexity index is 887. The predicted octanol–water partition coefficient (Wildman–Crippen LogP) is 3.05. The van der Waals surface area contributed by atoms with E-state index in [2.05, 4.69) is 22.3 Å². The summed E-state index contributed by atoms with van der Waals surface area (Å²) in [5, 5.41) is 19.3. The van der Waals surface area contributed by atoms with Gasteiger partial charge in [0.1, 0.15) is 11.6 Å². The molecule has 1 aromatic carbocycles. The van der Waals surface area contributed by atoms with Crippen LogP contribution in [-0.2, 0) is 11.0 Å². The third-order valence-electron chi connectivity index (χ3n) is 4.91. The second-order valence-corrected chi connectivity index (χ2v) is 7.01. The number of fused-ring (bicyclic) bond motifs is 1. The molecule has 0 unspecified atom stereocenters. The van der Waals surface area contributed by atoms with Gasteiger partial charge in [0.2, 0.25) is 0 Å². The Morgan fingerprint density at radius 1 is 1.12 bits per heavy atom. The van der Waals surface area contributed by atoms with E-state index >= 15 is 0 Å². The summed E-state index contributed by atoms with van der Waals surface area (Å²) in [4.78, 5) is 0. The van der Waals surface area contributed by atoms with E-state index in [0.717, 1.165) is 35.6 Å². The molecule has 0 amide bonds. The van der Waals surface area contributed by atoms with E-state index in [1.807, 2.05) is 34.9 Å². The van der Waals surface area contributed by atoms with E-state index in [-0.39, 0.29) is 5.41 Å². The van der Waals surface area contributed by atoms with Gasteiger partial charge in [-0.15, -0.1) is 10.2 Å². The molecule has 0 atom stereocenters. The molecule has 124 valence electrons. The molecule has 3 aromatic rings. The summed E-state index contributed by atoms with van der Waals surface area (Å²) in [6.45, 7) is 3.54. The van der Waals surface area contributed by atoms with Crippen LogP contribution in [0, 0.1) is 0 Å². The van der Waals surface area contributed by atoms with Crippen LogP contribution in [-0.4, -0.2) is 26.8 Å². The second-order valence-electron chi connectivity index (χ2n) is 7.01. The summed E-state index contributed by atoms with van der Waals surface area (Å²) in [5.74, 6) is 1.79. The zero-order chi connectivity index (χ0) is 16.9. The van der Waals surface area contributed by atoms with Crippen molar-refractivity contribution in [1.82, 2.24) is 14.6 Å². The van der Waals surface area contributed by atoms with Crippen LogP contribution in [0.1, 0.15) is 43.6 Å².